The molecule has 0 aliphatic carbocycles. The van der Waals surface area contributed by atoms with Gasteiger partial charge < -0.3 is 5.73 Å². The summed E-state index contributed by atoms with van der Waals surface area (Å²) in [7, 11) is -1.92. The summed E-state index contributed by atoms with van der Waals surface area (Å²) in [5.74, 6) is 0.0310. The van der Waals surface area contributed by atoms with E-state index in [0.717, 1.165) is 0 Å². The molecule has 0 aromatic carbocycles. The molecule has 3 N–H and O–H groups in total. The van der Waals surface area contributed by atoms with E-state index in [4.69, 9.17) is 5.73 Å². The van der Waals surface area contributed by atoms with Crippen molar-refractivity contribution in [1.29, 1.82) is 0 Å². The van der Waals surface area contributed by atoms with Gasteiger partial charge in [0.15, 0.2) is 5.82 Å². The quantitative estimate of drug-likeness (QED) is 0.596. The first-order chi connectivity index (χ1) is 7.90. The molecule has 0 aliphatic heterocycles. The van der Waals surface area contributed by atoms with Gasteiger partial charge in [-0.05, 0) is 20.3 Å². The monoisotopic (exact) mass is 258 g/mol. The van der Waals surface area contributed by atoms with E-state index in [9.17, 15) is 8.42 Å². The summed E-state index contributed by atoms with van der Waals surface area (Å²) >= 11 is 0. The highest BCUT2D eigenvalue weighted by molar-refractivity contribution is 7.89. The number of anilines is 1. The molecule has 0 amide bonds. The lowest BCUT2D eigenvalue weighted by Crippen LogP contribution is -2.25. The van der Waals surface area contributed by atoms with Gasteiger partial charge in [0.05, 0.1) is 5.69 Å². The normalized spacial score (nSPS) is 12.4. The summed E-state index contributed by atoms with van der Waals surface area (Å²) in [6.45, 7) is 3.90. The summed E-state index contributed by atoms with van der Waals surface area (Å²) in [6.07, 6.45) is 4.41. The number of nitrogens with two attached hydrogens (primary N) is 1. The maximum Gasteiger partial charge on any atom is 0.246 e. The molecule has 0 unspecified atom stereocenters. The van der Waals surface area contributed by atoms with Crippen molar-refractivity contribution in [3.8, 4) is 0 Å². The van der Waals surface area contributed by atoms with Gasteiger partial charge in [-0.3, -0.25) is 4.68 Å². The number of aryl methyl sites for hydroxylation is 1. The second-order valence-electron chi connectivity index (χ2n) is 3.68. The third-order valence-corrected chi connectivity index (χ3v) is 4.04. The number of hydrogen-bond donors (Lipinski definition) is 2. The van der Waals surface area contributed by atoms with Gasteiger partial charge in [-0.25, -0.2) is 13.1 Å². The topological polar surface area (TPSA) is 90.0 Å². The third-order valence-electron chi connectivity index (χ3n) is 2.41. The SMILES string of the molecule is C/C=C/CCNS(=O)(=O)c1c(N)nn(C)c1C. The van der Waals surface area contributed by atoms with Gasteiger partial charge in [-0.2, -0.15) is 5.10 Å². The second kappa shape index (κ2) is 5.33. The average Bonchev–Trinajstić information content (AvgIpc) is 2.48. The number of nitrogen functional groups attached to an aromatic ring is 1. The predicted molar refractivity (Wildman–Crippen MR) is 67.0 cm³/mol. The minimum Gasteiger partial charge on any atom is -0.381 e. The first-order valence-corrected chi connectivity index (χ1v) is 6.78. The summed E-state index contributed by atoms with van der Waals surface area (Å²) in [5.41, 5.74) is 6.12. The Labute approximate surface area is 102 Å². The number of sulfonamides is 1. The third kappa shape index (κ3) is 3.07. The maximum atomic E-state index is 12.0. The van der Waals surface area contributed by atoms with Gasteiger partial charge in [0.25, 0.3) is 0 Å². The van der Waals surface area contributed by atoms with Crippen LogP contribution >= 0.6 is 0 Å². The molecule has 1 aromatic heterocycles. The molecule has 17 heavy (non-hydrogen) atoms. The number of aromatic nitrogens is 2. The Kier molecular flexibility index (Phi) is 4.30. The van der Waals surface area contributed by atoms with Crippen molar-refractivity contribution in [2.45, 2.75) is 25.2 Å². The van der Waals surface area contributed by atoms with E-state index in [1.807, 2.05) is 19.1 Å². The number of rotatable bonds is 5. The van der Waals surface area contributed by atoms with Crippen molar-refractivity contribution in [2.75, 3.05) is 12.3 Å². The molecule has 0 spiro atoms. The zero-order valence-corrected chi connectivity index (χ0v) is 11.1. The number of nitrogens with one attached hydrogen (secondary N) is 1. The lowest BCUT2D eigenvalue weighted by molar-refractivity contribution is 0.581. The highest BCUT2D eigenvalue weighted by Gasteiger charge is 2.23. The largest absolute Gasteiger partial charge is 0.381 e. The van der Waals surface area contributed by atoms with Crippen LogP contribution in [0.1, 0.15) is 19.0 Å². The fourth-order valence-electron chi connectivity index (χ4n) is 1.46. The molecular weight excluding hydrogens is 240 g/mol. The van der Waals surface area contributed by atoms with E-state index in [0.29, 0.717) is 18.7 Å². The van der Waals surface area contributed by atoms with Crippen LogP contribution in [0.4, 0.5) is 5.82 Å². The van der Waals surface area contributed by atoms with Crippen molar-refractivity contribution in [3.63, 3.8) is 0 Å². The molecule has 0 saturated carbocycles. The molecule has 1 rings (SSSR count). The Morgan fingerprint density at radius 2 is 2.18 bits per heavy atom. The van der Waals surface area contributed by atoms with E-state index >= 15 is 0 Å². The molecule has 0 atom stereocenters. The average molecular weight is 258 g/mol. The molecule has 0 aliphatic rings. The van der Waals surface area contributed by atoms with Crippen LogP contribution in [0, 0.1) is 6.92 Å². The lowest BCUT2D eigenvalue weighted by Gasteiger charge is -2.05. The fraction of sp³-hybridized carbons (Fsp3) is 0.500. The van der Waals surface area contributed by atoms with E-state index in [1.54, 1.807) is 14.0 Å². The summed E-state index contributed by atoms with van der Waals surface area (Å²) in [6, 6.07) is 0. The Balaban J connectivity index is 2.90. The molecule has 7 heteroatoms. The molecular formula is C10H18N4O2S. The minimum absolute atomic E-state index is 0.0310. The Morgan fingerprint density at radius 3 is 2.65 bits per heavy atom. The minimum atomic E-state index is -3.57. The molecule has 96 valence electrons. The van der Waals surface area contributed by atoms with Crippen LogP contribution in [-0.4, -0.2) is 24.7 Å². The van der Waals surface area contributed by atoms with Crippen molar-refractivity contribution in [1.82, 2.24) is 14.5 Å². The lowest BCUT2D eigenvalue weighted by atomic mass is 10.4. The predicted octanol–water partition coefficient (Wildman–Crippen LogP) is 0.555. The molecule has 1 heterocycles. The number of hydrogen-bond acceptors (Lipinski definition) is 4. The highest BCUT2D eigenvalue weighted by atomic mass is 32.2. The molecule has 0 fully saturated rings. The van der Waals surface area contributed by atoms with Crippen molar-refractivity contribution < 1.29 is 8.42 Å². The van der Waals surface area contributed by atoms with Gasteiger partial charge in [-0.1, -0.05) is 12.2 Å². The van der Waals surface area contributed by atoms with Crippen LogP contribution in [0.15, 0.2) is 17.0 Å². The zero-order valence-electron chi connectivity index (χ0n) is 10.3. The molecule has 0 saturated heterocycles. The van der Waals surface area contributed by atoms with Crippen LogP contribution in [0.3, 0.4) is 0 Å². The first-order valence-electron chi connectivity index (χ1n) is 5.30. The van der Waals surface area contributed by atoms with E-state index in [2.05, 4.69) is 9.82 Å². The van der Waals surface area contributed by atoms with Gasteiger partial charge >= 0.3 is 0 Å². The Morgan fingerprint density at radius 1 is 1.53 bits per heavy atom. The van der Waals surface area contributed by atoms with E-state index in [-0.39, 0.29) is 10.7 Å². The second-order valence-corrected chi connectivity index (χ2v) is 5.38. The van der Waals surface area contributed by atoms with Gasteiger partial charge in [0, 0.05) is 13.6 Å². The number of nitrogens with zero attached hydrogens (tertiary/aromatic N) is 2. The Hall–Kier alpha value is -1.34. The van der Waals surface area contributed by atoms with E-state index < -0.39 is 10.0 Å². The zero-order chi connectivity index (χ0) is 13.1. The molecule has 1 aromatic rings. The first kappa shape index (κ1) is 13.7. The summed E-state index contributed by atoms with van der Waals surface area (Å²) in [4.78, 5) is 0.0699. The maximum absolute atomic E-state index is 12.0. The van der Waals surface area contributed by atoms with Gasteiger partial charge in [0.2, 0.25) is 10.0 Å². The standard InChI is InChI=1S/C10H18N4O2S/c1-4-5-6-7-12-17(15,16)9-8(2)14(3)13-10(9)11/h4-5,12H,6-7H2,1-3H3,(H2,11,13)/b5-4+. The van der Waals surface area contributed by atoms with E-state index in [1.165, 1.54) is 4.68 Å². The van der Waals surface area contributed by atoms with Crippen LogP contribution in [0.25, 0.3) is 0 Å². The van der Waals surface area contributed by atoms with Crippen molar-refractivity contribution in [3.05, 3.63) is 17.8 Å². The van der Waals surface area contributed by atoms with Crippen LogP contribution in [0.5, 0.6) is 0 Å². The van der Waals surface area contributed by atoms with Crippen molar-refractivity contribution in [2.24, 2.45) is 7.05 Å². The van der Waals surface area contributed by atoms with Crippen LogP contribution in [0.2, 0.25) is 0 Å². The summed E-state index contributed by atoms with van der Waals surface area (Å²) in [5, 5.41) is 3.88. The van der Waals surface area contributed by atoms with Crippen LogP contribution in [-0.2, 0) is 17.1 Å². The molecule has 0 radical (unpaired) electrons. The highest BCUT2D eigenvalue weighted by Crippen LogP contribution is 2.20. The molecule has 6 nitrogen and oxygen atoms in total. The smallest absolute Gasteiger partial charge is 0.246 e. The van der Waals surface area contributed by atoms with Gasteiger partial charge in [-0.15, -0.1) is 0 Å². The molecule has 0 bridgehead atoms. The Bertz CT molecular complexity index is 517. The number of allylic oxidation sites excluding steroid dienone is 1. The fourth-order valence-corrected chi connectivity index (χ4v) is 2.83. The van der Waals surface area contributed by atoms with Gasteiger partial charge in [0.1, 0.15) is 4.90 Å². The van der Waals surface area contributed by atoms with Crippen molar-refractivity contribution >= 4 is 15.8 Å². The van der Waals surface area contributed by atoms with Crippen LogP contribution < -0.4 is 10.5 Å². The summed E-state index contributed by atoms with van der Waals surface area (Å²) < 4.78 is 27.9.